The van der Waals surface area contributed by atoms with E-state index < -0.39 is 23.0 Å². The number of nitrogens with one attached hydrogen (secondary N) is 2. The number of aryl methyl sites for hydroxylation is 1. The van der Waals surface area contributed by atoms with Crippen LogP contribution in [-0.2, 0) is 21.5 Å². The van der Waals surface area contributed by atoms with Crippen molar-refractivity contribution in [2.45, 2.75) is 68.9 Å². The molecule has 0 aromatic heterocycles. The van der Waals surface area contributed by atoms with Crippen LogP contribution in [-0.4, -0.2) is 34.8 Å². The minimum absolute atomic E-state index is 0.363. The number of carbonyl (C=O) groups excluding carboxylic acids is 3. The number of rotatable bonds is 3. The van der Waals surface area contributed by atoms with Crippen LogP contribution in [0.5, 0.6) is 0 Å². The van der Waals surface area contributed by atoms with Crippen LogP contribution in [0.15, 0.2) is 24.3 Å². The molecule has 1 heterocycles. The second kappa shape index (κ2) is 7.51. The number of hydrogen-bond acceptors (Lipinski definition) is 4. The van der Waals surface area contributed by atoms with E-state index in [0.717, 1.165) is 54.6 Å². The van der Waals surface area contributed by atoms with E-state index >= 15 is 0 Å². The average molecular weight is 394 g/mol. The lowest BCUT2D eigenvalue weighted by Gasteiger charge is -2.32. The number of benzene rings is 1. The first-order valence-electron chi connectivity index (χ1n) is 10.4. The normalized spacial score (nSPS) is 25.7. The van der Waals surface area contributed by atoms with Crippen molar-refractivity contribution < 1.29 is 14.4 Å². The van der Waals surface area contributed by atoms with Gasteiger partial charge in [0, 0.05) is 0 Å². The van der Waals surface area contributed by atoms with Crippen molar-refractivity contribution in [1.29, 1.82) is 5.26 Å². The van der Waals surface area contributed by atoms with E-state index in [2.05, 4.69) is 16.7 Å². The van der Waals surface area contributed by atoms with Crippen LogP contribution in [0.2, 0.25) is 0 Å². The van der Waals surface area contributed by atoms with Gasteiger partial charge in [-0.15, -0.1) is 0 Å². The number of carbonyl (C=O) groups is 3. The molecule has 1 aromatic carbocycles. The molecule has 7 heteroatoms. The molecule has 29 heavy (non-hydrogen) atoms. The maximum absolute atomic E-state index is 13.4. The van der Waals surface area contributed by atoms with Gasteiger partial charge in [-0.05, 0) is 49.7 Å². The molecule has 1 aromatic rings. The lowest BCUT2D eigenvalue weighted by atomic mass is 9.83. The predicted molar refractivity (Wildman–Crippen MR) is 105 cm³/mol. The van der Waals surface area contributed by atoms with Crippen molar-refractivity contribution in [3.8, 4) is 6.07 Å². The van der Waals surface area contributed by atoms with Gasteiger partial charge < -0.3 is 10.6 Å². The van der Waals surface area contributed by atoms with Gasteiger partial charge in [0.15, 0.2) is 0 Å². The minimum atomic E-state index is -1.10. The van der Waals surface area contributed by atoms with Crippen LogP contribution < -0.4 is 10.6 Å². The van der Waals surface area contributed by atoms with E-state index in [1.54, 1.807) is 0 Å². The summed E-state index contributed by atoms with van der Waals surface area (Å²) in [5.74, 6) is -0.836. The summed E-state index contributed by atoms with van der Waals surface area (Å²) >= 11 is 0. The van der Waals surface area contributed by atoms with Crippen LogP contribution in [0, 0.1) is 11.3 Å². The Labute approximate surface area is 170 Å². The first kappa shape index (κ1) is 19.4. The van der Waals surface area contributed by atoms with E-state index in [1.165, 1.54) is 0 Å². The molecule has 4 rings (SSSR count). The summed E-state index contributed by atoms with van der Waals surface area (Å²) in [4.78, 5) is 39.8. The molecule has 2 aliphatic carbocycles. The Kier molecular flexibility index (Phi) is 5.03. The van der Waals surface area contributed by atoms with Crippen molar-refractivity contribution in [3.05, 3.63) is 35.4 Å². The molecule has 1 atom stereocenters. The molecule has 3 aliphatic rings. The van der Waals surface area contributed by atoms with Crippen LogP contribution >= 0.6 is 0 Å². The fourth-order valence-corrected chi connectivity index (χ4v) is 4.99. The maximum atomic E-state index is 13.4. The average Bonchev–Trinajstić information content (AvgIpc) is 2.87. The quantitative estimate of drug-likeness (QED) is 0.769. The van der Waals surface area contributed by atoms with E-state index in [9.17, 15) is 19.6 Å². The van der Waals surface area contributed by atoms with Crippen molar-refractivity contribution >= 4 is 17.8 Å². The Morgan fingerprint density at radius 3 is 2.59 bits per heavy atom. The molecule has 2 fully saturated rings. The molecule has 1 aliphatic heterocycles. The molecule has 152 valence electrons. The number of amides is 4. The number of nitrogens with zero attached hydrogens (tertiary/aromatic N) is 2. The Morgan fingerprint density at radius 1 is 1.10 bits per heavy atom. The third-order valence-electron chi connectivity index (χ3n) is 6.50. The van der Waals surface area contributed by atoms with Gasteiger partial charge in [-0.1, -0.05) is 43.5 Å². The summed E-state index contributed by atoms with van der Waals surface area (Å²) in [5, 5.41) is 15.3. The van der Waals surface area contributed by atoms with Crippen LogP contribution in [0.25, 0.3) is 0 Å². The molecule has 7 nitrogen and oxygen atoms in total. The number of urea groups is 1. The monoisotopic (exact) mass is 394 g/mol. The largest absolute Gasteiger partial charge is 0.336 e. The van der Waals surface area contributed by atoms with Gasteiger partial charge in [0.1, 0.15) is 17.6 Å². The number of hydrogen-bond donors (Lipinski definition) is 2. The summed E-state index contributed by atoms with van der Waals surface area (Å²) < 4.78 is 0. The summed E-state index contributed by atoms with van der Waals surface area (Å²) in [7, 11) is 0. The third kappa shape index (κ3) is 3.37. The summed E-state index contributed by atoms with van der Waals surface area (Å²) in [6.45, 7) is -0.363. The van der Waals surface area contributed by atoms with E-state index in [1.807, 2.05) is 24.3 Å². The molecule has 2 N–H and O–H groups in total. The summed E-state index contributed by atoms with van der Waals surface area (Å²) in [6.07, 6.45) is 7.19. The van der Waals surface area contributed by atoms with Crippen LogP contribution in [0.4, 0.5) is 4.79 Å². The predicted octanol–water partition coefficient (Wildman–Crippen LogP) is 2.50. The van der Waals surface area contributed by atoms with Crippen molar-refractivity contribution in [2.75, 3.05) is 6.54 Å². The molecule has 1 saturated heterocycles. The number of fused-ring (bicyclic) bond motifs is 2. The summed E-state index contributed by atoms with van der Waals surface area (Å²) in [6, 6.07) is 9.40. The molecule has 1 spiro atoms. The van der Waals surface area contributed by atoms with Gasteiger partial charge in [-0.25, -0.2) is 4.79 Å². The number of nitriles is 1. The molecule has 1 saturated carbocycles. The van der Waals surface area contributed by atoms with Gasteiger partial charge in [-0.3, -0.25) is 14.5 Å². The standard InChI is InChI=1S/C22H26N4O3/c23-15-21(11-5-1-6-12-21)24-18(27)14-26-19(28)22(25-20(26)29)13-7-4-9-16-8-2-3-10-17(16)22/h2-3,8,10H,1,4-7,9,11-14H2,(H,24,27)(H,25,29)/t22-/m1/s1. The Bertz CT molecular complexity index is 884. The lowest BCUT2D eigenvalue weighted by molar-refractivity contribution is -0.136. The van der Waals surface area contributed by atoms with E-state index in [0.29, 0.717) is 19.3 Å². The smallest absolute Gasteiger partial charge is 0.325 e. The molecule has 0 bridgehead atoms. The van der Waals surface area contributed by atoms with Gasteiger partial charge in [-0.2, -0.15) is 5.26 Å². The zero-order chi connectivity index (χ0) is 20.5. The zero-order valence-corrected chi connectivity index (χ0v) is 16.5. The zero-order valence-electron chi connectivity index (χ0n) is 16.5. The van der Waals surface area contributed by atoms with Crippen LogP contribution in [0.3, 0.4) is 0 Å². The molecular formula is C22H26N4O3. The molecule has 0 unspecified atom stereocenters. The Morgan fingerprint density at radius 2 is 1.83 bits per heavy atom. The van der Waals surface area contributed by atoms with Gasteiger partial charge >= 0.3 is 6.03 Å². The second-order valence-electron chi connectivity index (χ2n) is 8.39. The van der Waals surface area contributed by atoms with Gasteiger partial charge in [0.2, 0.25) is 5.91 Å². The van der Waals surface area contributed by atoms with Crippen molar-refractivity contribution in [3.63, 3.8) is 0 Å². The SMILES string of the molecule is N#CC1(NC(=O)CN2C(=O)N[C@@]3(CCCCc4ccccc43)C2=O)CCCCC1. The van der Waals surface area contributed by atoms with Crippen molar-refractivity contribution in [1.82, 2.24) is 15.5 Å². The highest BCUT2D eigenvalue weighted by Crippen LogP contribution is 2.39. The Balaban J connectivity index is 1.55. The van der Waals surface area contributed by atoms with Gasteiger partial charge in [0.25, 0.3) is 5.91 Å². The van der Waals surface area contributed by atoms with Crippen molar-refractivity contribution in [2.24, 2.45) is 0 Å². The van der Waals surface area contributed by atoms with Crippen LogP contribution in [0.1, 0.15) is 62.5 Å². The fourth-order valence-electron chi connectivity index (χ4n) is 4.99. The number of imide groups is 1. The first-order valence-corrected chi connectivity index (χ1v) is 10.4. The maximum Gasteiger partial charge on any atom is 0.325 e. The van der Waals surface area contributed by atoms with Gasteiger partial charge in [0.05, 0.1) is 6.07 Å². The lowest BCUT2D eigenvalue weighted by Crippen LogP contribution is -2.52. The fraction of sp³-hybridized carbons (Fsp3) is 0.545. The molecular weight excluding hydrogens is 368 g/mol. The second-order valence-corrected chi connectivity index (χ2v) is 8.39. The third-order valence-corrected chi connectivity index (χ3v) is 6.50. The highest BCUT2D eigenvalue weighted by molar-refractivity contribution is 6.09. The summed E-state index contributed by atoms with van der Waals surface area (Å²) in [5.41, 5.74) is -0.0845. The van der Waals surface area contributed by atoms with E-state index in [4.69, 9.17) is 0 Å². The molecule has 4 amide bonds. The topological polar surface area (TPSA) is 102 Å². The van der Waals surface area contributed by atoms with E-state index in [-0.39, 0.29) is 12.5 Å². The minimum Gasteiger partial charge on any atom is -0.336 e. The molecule has 0 radical (unpaired) electrons. The Hall–Kier alpha value is -2.88. The highest BCUT2D eigenvalue weighted by atomic mass is 16.2. The first-order chi connectivity index (χ1) is 14.0. The highest BCUT2D eigenvalue weighted by Gasteiger charge is 2.53.